The number of carbonyl (C=O) groups is 2. The highest BCUT2D eigenvalue weighted by atomic mass is 16.7. The molecule has 4 aliphatic heterocycles. The third kappa shape index (κ3) is 7.66. The van der Waals surface area contributed by atoms with E-state index in [2.05, 4.69) is 10.6 Å². The van der Waals surface area contributed by atoms with Crippen molar-refractivity contribution >= 4 is 12.2 Å². The van der Waals surface area contributed by atoms with Crippen LogP contribution < -0.4 is 10.6 Å². The Morgan fingerprint density at radius 3 is 1.81 bits per heavy atom. The first-order valence-electron chi connectivity index (χ1n) is 15.2. The van der Waals surface area contributed by atoms with Gasteiger partial charge in [0.25, 0.3) is 0 Å². The van der Waals surface area contributed by atoms with E-state index in [1.807, 2.05) is 60.7 Å². The minimum Gasteiger partial charge on any atom is -0.443 e. The standard InChI is InChI=1S/C32H40N2O9/c35-26(25(16-21-9-5-2-6-10-21)34-32(37)43-28-19-41-30-24(28)12-14-39-30)17-22(15-20-7-3-1-4-8-20)33-31(36)42-27-18-40-29-23(27)11-13-38-29/h1-10,22-30,35H,11-19H2,(H,33,36)(H,34,37)/t22-,23-,24-,25-,26-,27-,28-,29+,30+/m0/s1. The van der Waals surface area contributed by atoms with E-state index in [4.69, 9.17) is 28.4 Å². The molecule has 4 heterocycles. The van der Waals surface area contributed by atoms with Crippen LogP contribution in [0.25, 0.3) is 0 Å². The number of aliphatic hydroxyl groups is 1. The van der Waals surface area contributed by atoms with E-state index in [1.165, 1.54) is 0 Å². The van der Waals surface area contributed by atoms with Gasteiger partial charge in [-0.05, 0) is 43.2 Å². The van der Waals surface area contributed by atoms with Crippen molar-refractivity contribution in [2.24, 2.45) is 11.8 Å². The van der Waals surface area contributed by atoms with E-state index in [-0.39, 0.29) is 43.5 Å². The van der Waals surface area contributed by atoms with Crippen LogP contribution in [0.1, 0.15) is 30.4 Å². The smallest absolute Gasteiger partial charge is 0.407 e. The summed E-state index contributed by atoms with van der Waals surface area (Å²) in [5.74, 6) is 0.0239. The summed E-state index contributed by atoms with van der Waals surface area (Å²) in [7, 11) is 0. The summed E-state index contributed by atoms with van der Waals surface area (Å²) in [6.07, 6.45) is -1.11. The topological polar surface area (TPSA) is 134 Å². The largest absolute Gasteiger partial charge is 0.443 e. The average Bonchev–Trinajstić information content (AvgIpc) is 3.79. The predicted octanol–water partition coefficient (Wildman–Crippen LogP) is 2.94. The number of fused-ring (bicyclic) bond motifs is 2. The first kappa shape index (κ1) is 29.8. The molecule has 2 aromatic rings. The van der Waals surface area contributed by atoms with Crippen molar-refractivity contribution in [2.45, 2.75) is 75.1 Å². The molecule has 232 valence electrons. The molecule has 0 unspecified atom stereocenters. The zero-order chi connectivity index (χ0) is 29.6. The van der Waals surface area contributed by atoms with Gasteiger partial charge in [-0.25, -0.2) is 9.59 Å². The molecule has 43 heavy (non-hydrogen) atoms. The lowest BCUT2D eigenvalue weighted by Crippen LogP contribution is -2.50. The van der Waals surface area contributed by atoms with Gasteiger partial charge in [-0.3, -0.25) is 0 Å². The number of amides is 2. The molecule has 11 heteroatoms. The fourth-order valence-corrected chi connectivity index (χ4v) is 6.46. The van der Waals surface area contributed by atoms with Crippen LogP contribution in [0, 0.1) is 11.8 Å². The maximum absolute atomic E-state index is 13.1. The number of benzene rings is 2. The lowest BCUT2D eigenvalue weighted by molar-refractivity contribution is -0.0909. The molecule has 0 saturated carbocycles. The van der Waals surface area contributed by atoms with Crippen LogP contribution in [0.3, 0.4) is 0 Å². The van der Waals surface area contributed by atoms with Crippen molar-refractivity contribution in [3.63, 3.8) is 0 Å². The summed E-state index contributed by atoms with van der Waals surface area (Å²) in [6.45, 7) is 1.73. The number of carbonyl (C=O) groups excluding carboxylic acids is 2. The molecule has 11 nitrogen and oxygen atoms in total. The molecule has 0 spiro atoms. The first-order chi connectivity index (χ1) is 21.0. The van der Waals surface area contributed by atoms with Gasteiger partial charge < -0.3 is 44.2 Å². The van der Waals surface area contributed by atoms with Crippen molar-refractivity contribution in [3.8, 4) is 0 Å². The molecule has 4 fully saturated rings. The Bertz CT molecular complexity index is 1200. The van der Waals surface area contributed by atoms with Gasteiger partial charge in [0.1, 0.15) is 12.2 Å². The van der Waals surface area contributed by atoms with Crippen LogP contribution >= 0.6 is 0 Å². The summed E-state index contributed by atoms with van der Waals surface area (Å²) < 4.78 is 33.8. The van der Waals surface area contributed by atoms with Gasteiger partial charge in [0.15, 0.2) is 12.6 Å². The van der Waals surface area contributed by atoms with Crippen LogP contribution in [0.5, 0.6) is 0 Å². The number of hydrogen-bond acceptors (Lipinski definition) is 9. The van der Waals surface area contributed by atoms with E-state index in [9.17, 15) is 14.7 Å². The summed E-state index contributed by atoms with van der Waals surface area (Å²) >= 11 is 0. The molecule has 6 rings (SSSR count). The number of rotatable bonds is 11. The Hall–Kier alpha value is -3.22. The molecule has 9 atom stereocenters. The Kier molecular flexibility index (Phi) is 9.74. The summed E-state index contributed by atoms with van der Waals surface area (Å²) in [4.78, 5) is 26.1. The number of ether oxygens (including phenoxy) is 6. The van der Waals surface area contributed by atoms with Gasteiger partial charge in [0, 0.05) is 6.04 Å². The molecule has 4 aliphatic rings. The minimum absolute atomic E-state index is 0.00468. The van der Waals surface area contributed by atoms with Gasteiger partial charge >= 0.3 is 12.2 Å². The monoisotopic (exact) mass is 596 g/mol. The average molecular weight is 597 g/mol. The Morgan fingerprint density at radius 1 is 0.744 bits per heavy atom. The van der Waals surface area contributed by atoms with E-state index in [0.717, 1.165) is 24.0 Å². The number of nitrogens with one attached hydrogen (secondary N) is 2. The van der Waals surface area contributed by atoms with Crippen LogP contribution in [0.15, 0.2) is 60.7 Å². The second kappa shape index (κ2) is 14.0. The van der Waals surface area contributed by atoms with Gasteiger partial charge in [-0.15, -0.1) is 0 Å². The van der Waals surface area contributed by atoms with E-state index in [1.54, 1.807) is 0 Å². The van der Waals surface area contributed by atoms with Crippen molar-refractivity contribution in [3.05, 3.63) is 71.8 Å². The quantitative estimate of drug-likeness (QED) is 0.358. The van der Waals surface area contributed by atoms with Crippen molar-refractivity contribution in [2.75, 3.05) is 26.4 Å². The highest BCUT2D eigenvalue weighted by molar-refractivity contribution is 5.68. The van der Waals surface area contributed by atoms with Crippen LogP contribution in [-0.4, -0.2) is 86.7 Å². The van der Waals surface area contributed by atoms with Crippen molar-refractivity contribution in [1.29, 1.82) is 0 Å². The third-order valence-electron chi connectivity index (χ3n) is 8.73. The fraction of sp³-hybridized carbons (Fsp3) is 0.562. The minimum atomic E-state index is -1.01. The second-order valence-corrected chi connectivity index (χ2v) is 11.7. The third-order valence-corrected chi connectivity index (χ3v) is 8.73. The second-order valence-electron chi connectivity index (χ2n) is 11.7. The molecule has 0 bridgehead atoms. The van der Waals surface area contributed by atoms with Crippen LogP contribution in [0.4, 0.5) is 9.59 Å². The Balaban J connectivity index is 1.12. The predicted molar refractivity (Wildman–Crippen MR) is 153 cm³/mol. The highest BCUT2D eigenvalue weighted by Gasteiger charge is 2.45. The van der Waals surface area contributed by atoms with Crippen LogP contribution in [-0.2, 0) is 41.3 Å². The maximum Gasteiger partial charge on any atom is 0.407 e. The molecular weight excluding hydrogens is 556 g/mol. The fourth-order valence-electron chi connectivity index (χ4n) is 6.46. The van der Waals surface area contributed by atoms with Crippen LogP contribution in [0.2, 0.25) is 0 Å². The number of aliphatic hydroxyl groups excluding tert-OH is 1. The van der Waals surface area contributed by atoms with Gasteiger partial charge in [-0.2, -0.15) is 0 Å². The number of alkyl carbamates (subject to hydrolysis) is 2. The lowest BCUT2D eigenvalue weighted by Gasteiger charge is -2.29. The molecule has 4 saturated heterocycles. The zero-order valence-corrected chi connectivity index (χ0v) is 24.0. The molecular formula is C32H40N2O9. The van der Waals surface area contributed by atoms with E-state index < -0.39 is 36.5 Å². The summed E-state index contributed by atoms with van der Waals surface area (Å²) in [5.41, 5.74) is 1.94. The molecule has 2 amide bonds. The van der Waals surface area contributed by atoms with Gasteiger partial charge in [-0.1, -0.05) is 60.7 Å². The Labute approximate surface area is 251 Å². The normalized spacial score (nSPS) is 29.7. The molecule has 0 radical (unpaired) electrons. The highest BCUT2D eigenvalue weighted by Crippen LogP contribution is 2.34. The molecule has 0 aromatic heterocycles. The summed E-state index contributed by atoms with van der Waals surface area (Å²) in [6, 6.07) is 18.2. The molecule has 3 N–H and O–H groups in total. The maximum atomic E-state index is 13.1. The van der Waals surface area contributed by atoms with Crippen molar-refractivity contribution in [1.82, 2.24) is 10.6 Å². The van der Waals surface area contributed by atoms with Gasteiger partial charge in [0.2, 0.25) is 0 Å². The molecule has 2 aromatic carbocycles. The van der Waals surface area contributed by atoms with Gasteiger partial charge in [0.05, 0.1) is 50.4 Å². The number of hydrogen-bond donors (Lipinski definition) is 3. The van der Waals surface area contributed by atoms with E-state index >= 15 is 0 Å². The van der Waals surface area contributed by atoms with Crippen molar-refractivity contribution < 1.29 is 43.1 Å². The molecule has 0 aliphatic carbocycles. The Morgan fingerprint density at radius 2 is 1.26 bits per heavy atom. The summed E-state index contributed by atoms with van der Waals surface area (Å²) in [5, 5.41) is 17.4. The lowest BCUT2D eigenvalue weighted by atomic mass is 9.94. The SMILES string of the molecule is O=C(N[C@@H](Cc1ccccc1)C[C@H](O)[C@H](Cc1ccccc1)NC(=O)O[C@H]1CO[C@H]2OCC[C@H]21)O[C@H]1CO[C@H]2OCC[C@H]21. The zero-order valence-electron chi connectivity index (χ0n) is 24.0. The van der Waals surface area contributed by atoms with E-state index in [0.29, 0.717) is 32.7 Å². The first-order valence-corrected chi connectivity index (χ1v) is 15.2.